The average molecular weight is 379 g/mol. The van der Waals surface area contributed by atoms with Crippen molar-refractivity contribution >= 4 is 28.6 Å². The molecule has 1 aliphatic rings. The van der Waals surface area contributed by atoms with Gasteiger partial charge in [-0.1, -0.05) is 12.1 Å². The van der Waals surface area contributed by atoms with E-state index in [1.165, 1.54) is 0 Å². The first-order valence-electron chi connectivity index (χ1n) is 9.61. The second kappa shape index (κ2) is 8.79. The molecular formula is C20H25N7O. The highest BCUT2D eigenvalue weighted by Crippen LogP contribution is 2.24. The number of rotatable bonds is 7. The minimum atomic E-state index is 0.729. The topological polar surface area (TPSA) is 79.3 Å². The average Bonchev–Trinajstić information content (AvgIpc) is 2.77. The molecule has 0 radical (unpaired) electrons. The maximum atomic E-state index is 5.14. The van der Waals surface area contributed by atoms with Gasteiger partial charge < -0.3 is 19.9 Å². The van der Waals surface area contributed by atoms with Crippen molar-refractivity contribution in [2.75, 3.05) is 61.6 Å². The number of methoxy groups -OCH3 is 1. The molecule has 0 bridgehead atoms. The molecule has 4 rings (SSSR count). The fourth-order valence-corrected chi connectivity index (χ4v) is 3.32. The van der Waals surface area contributed by atoms with Gasteiger partial charge in [-0.2, -0.15) is 4.98 Å². The van der Waals surface area contributed by atoms with Crippen molar-refractivity contribution in [2.45, 2.75) is 6.42 Å². The Morgan fingerprint density at radius 2 is 1.64 bits per heavy atom. The second-order valence-electron chi connectivity index (χ2n) is 6.69. The number of piperazine rings is 1. The number of benzene rings is 1. The van der Waals surface area contributed by atoms with Gasteiger partial charge in [0.2, 0.25) is 11.9 Å². The Kier molecular flexibility index (Phi) is 5.77. The number of nitrogens with zero attached hydrogens (tertiary/aromatic N) is 6. The lowest BCUT2D eigenvalue weighted by atomic mass is 10.2. The van der Waals surface area contributed by atoms with Crippen molar-refractivity contribution in [3.8, 4) is 0 Å². The zero-order valence-corrected chi connectivity index (χ0v) is 16.1. The molecule has 0 aliphatic carbocycles. The van der Waals surface area contributed by atoms with E-state index in [2.05, 4.69) is 31.2 Å². The van der Waals surface area contributed by atoms with E-state index in [4.69, 9.17) is 14.7 Å². The molecule has 0 unspecified atom stereocenters. The van der Waals surface area contributed by atoms with Crippen LogP contribution in [-0.2, 0) is 4.74 Å². The first-order chi connectivity index (χ1) is 13.8. The van der Waals surface area contributed by atoms with Gasteiger partial charge in [0, 0.05) is 64.2 Å². The quantitative estimate of drug-likeness (QED) is 0.626. The molecule has 28 heavy (non-hydrogen) atoms. The van der Waals surface area contributed by atoms with Gasteiger partial charge in [-0.3, -0.25) is 0 Å². The summed E-state index contributed by atoms with van der Waals surface area (Å²) in [6.45, 7) is 4.90. The summed E-state index contributed by atoms with van der Waals surface area (Å²) < 4.78 is 5.14. The lowest BCUT2D eigenvalue weighted by molar-refractivity contribution is 0.198. The van der Waals surface area contributed by atoms with Crippen molar-refractivity contribution in [3.63, 3.8) is 0 Å². The maximum Gasteiger partial charge on any atom is 0.228 e. The van der Waals surface area contributed by atoms with Crippen LogP contribution >= 0.6 is 0 Å². The monoisotopic (exact) mass is 379 g/mol. The van der Waals surface area contributed by atoms with Crippen LogP contribution in [0.5, 0.6) is 0 Å². The van der Waals surface area contributed by atoms with Crippen molar-refractivity contribution in [3.05, 3.63) is 42.7 Å². The SMILES string of the molecule is COCCCNc1nc(N2CCN(c3ncccn3)CC2)nc2ccccc12. The summed E-state index contributed by atoms with van der Waals surface area (Å²) in [5.41, 5.74) is 0.954. The fraction of sp³-hybridized carbons (Fsp3) is 0.400. The number of aromatic nitrogens is 4. The van der Waals surface area contributed by atoms with Gasteiger partial charge in [0.1, 0.15) is 5.82 Å². The number of para-hydroxylation sites is 1. The molecule has 3 heterocycles. The Bertz CT molecular complexity index is 897. The third-order valence-electron chi connectivity index (χ3n) is 4.81. The summed E-state index contributed by atoms with van der Waals surface area (Å²) in [6.07, 6.45) is 4.49. The van der Waals surface area contributed by atoms with E-state index in [1.807, 2.05) is 24.3 Å². The van der Waals surface area contributed by atoms with E-state index in [1.54, 1.807) is 19.5 Å². The predicted octanol–water partition coefficient (Wildman–Crippen LogP) is 2.19. The molecule has 146 valence electrons. The molecule has 1 aromatic carbocycles. The van der Waals surface area contributed by atoms with Crippen LogP contribution in [0.15, 0.2) is 42.7 Å². The molecule has 1 aliphatic heterocycles. The van der Waals surface area contributed by atoms with E-state index < -0.39 is 0 Å². The van der Waals surface area contributed by atoms with Gasteiger partial charge >= 0.3 is 0 Å². The largest absolute Gasteiger partial charge is 0.385 e. The number of anilines is 3. The Balaban J connectivity index is 1.50. The highest BCUT2D eigenvalue weighted by Gasteiger charge is 2.21. The molecule has 0 amide bonds. The summed E-state index contributed by atoms with van der Waals surface area (Å²) in [7, 11) is 1.72. The van der Waals surface area contributed by atoms with E-state index in [-0.39, 0.29) is 0 Å². The van der Waals surface area contributed by atoms with Crippen LogP contribution in [0.25, 0.3) is 10.9 Å². The molecule has 1 saturated heterocycles. The van der Waals surface area contributed by atoms with Crippen molar-refractivity contribution in [2.24, 2.45) is 0 Å². The molecule has 8 heteroatoms. The third kappa shape index (κ3) is 4.12. The standard InChI is InChI=1S/C20H25N7O/c1-28-15-5-10-21-18-16-6-2-3-7-17(16)24-20(25-18)27-13-11-26(12-14-27)19-22-8-4-9-23-19/h2-4,6-9H,5,10-15H2,1H3,(H,21,24,25). The van der Waals surface area contributed by atoms with E-state index in [9.17, 15) is 0 Å². The van der Waals surface area contributed by atoms with Gasteiger partial charge in [-0.05, 0) is 24.6 Å². The molecule has 2 aromatic heterocycles. The maximum absolute atomic E-state index is 5.14. The molecule has 0 atom stereocenters. The minimum Gasteiger partial charge on any atom is -0.385 e. The van der Waals surface area contributed by atoms with Crippen molar-refractivity contribution < 1.29 is 4.74 Å². The van der Waals surface area contributed by atoms with Gasteiger partial charge in [-0.15, -0.1) is 0 Å². The van der Waals surface area contributed by atoms with E-state index >= 15 is 0 Å². The summed E-state index contributed by atoms with van der Waals surface area (Å²) in [6, 6.07) is 9.96. The van der Waals surface area contributed by atoms with Gasteiger partial charge in [0.05, 0.1) is 5.52 Å². The highest BCUT2D eigenvalue weighted by molar-refractivity contribution is 5.90. The van der Waals surface area contributed by atoms with Crippen molar-refractivity contribution in [1.82, 2.24) is 19.9 Å². The first-order valence-corrected chi connectivity index (χ1v) is 9.61. The van der Waals surface area contributed by atoms with Crippen molar-refractivity contribution in [1.29, 1.82) is 0 Å². The lowest BCUT2D eigenvalue weighted by Gasteiger charge is -2.34. The number of nitrogens with one attached hydrogen (secondary N) is 1. The van der Waals surface area contributed by atoms with Gasteiger partial charge in [0.15, 0.2) is 0 Å². The summed E-state index contributed by atoms with van der Waals surface area (Å²) in [5.74, 6) is 2.43. The molecular weight excluding hydrogens is 354 g/mol. The summed E-state index contributed by atoms with van der Waals surface area (Å²) >= 11 is 0. The fourth-order valence-electron chi connectivity index (χ4n) is 3.32. The van der Waals surface area contributed by atoms with Crippen LogP contribution < -0.4 is 15.1 Å². The van der Waals surface area contributed by atoms with Crippen LogP contribution in [0, 0.1) is 0 Å². The summed E-state index contributed by atoms with van der Waals surface area (Å²) in [5, 5.41) is 4.49. The highest BCUT2D eigenvalue weighted by atomic mass is 16.5. The lowest BCUT2D eigenvalue weighted by Crippen LogP contribution is -2.47. The molecule has 3 aromatic rings. The normalized spacial score (nSPS) is 14.5. The number of fused-ring (bicyclic) bond motifs is 1. The molecule has 0 spiro atoms. The van der Waals surface area contributed by atoms with Gasteiger partial charge in [-0.25, -0.2) is 15.0 Å². The van der Waals surface area contributed by atoms with Crippen LogP contribution in [0.4, 0.5) is 17.7 Å². The second-order valence-corrected chi connectivity index (χ2v) is 6.69. The van der Waals surface area contributed by atoms with Crippen LogP contribution in [0.1, 0.15) is 6.42 Å². The molecule has 1 fully saturated rings. The Morgan fingerprint density at radius 1 is 0.929 bits per heavy atom. The predicted molar refractivity (Wildman–Crippen MR) is 111 cm³/mol. The smallest absolute Gasteiger partial charge is 0.228 e. The minimum absolute atomic E-state index is 0.729. The number of hydrogen-bond donors (Lipinski definition) is 1. The molecule has 0 saturated carbocycles. The van der Waals surface area contributed by atoms with E-state index in [0.717, 1.165) is 74.4 Å². The van der Waals surface area contributed by atoms with Crippen LogP contribution in [0.3, 0.4) is 0 Å². The number of hydrogen-bond acceptors (Lipinski definition) is 8. The Morgan fingerprint density at radius 3 is 2.39 bits per heavy atom. The first kappa shape index (κ1) is 18.4. The zero-order valence-electron chi connectivity index (χ0n) is 16.1. The Hall–Kier alpha value is -3.00. The number of ether oxygens (including phenoxy) is 1. The molecule has 8 nitrogen and oxygen atoms in total. The third-order valence-corrected chi connectivity index (χ3v) is 4.81. The summed E-state index contributed by atoms with van der Waals surface area (Å²) in [4.78, 5) is 22.8. The van der Waals surface area contributed by atoms with Crippen LogP contribution in [-0.4, -0.2) is 66.4 Å². The zero-order chi connectivity index (χ0) is 19.2. The van der Waals surface area contributed by atoms with Crippen LogP contribution in [0.2, 0.25) is 0 Å². The van der Waals surface area contributed by atoms with Gasteiger partial charge in [0.25, 0.3) is 0 Å². The molecule has 1 N–H and O–H groups in total. The Labute approximate surface area is 164 Å². The van der Waals surface area contributed by atoms with E-state index in [0.29, 0.717) is 0 Å².